The van der Waals surface area contributed by atoms with Gasteiger partial charge in [-0.3, -0.25) is 4.79 Å². The molecule has 2 aliphatic rings. The van der Waals surface area contributed by atoms with E-state index in [9.17, 15) is 4.79 Å². The van der Waals surface area contributed by atoms with Gasteiger partial charge in [-0.2, -0.15) is 0 Å². The fourth-order valence-electron chi connectivity index (χ4n) is 2.93. The van der Waals surface area contributed by atoms with Crippen LogP contribution in [0.3, 0.4) is 0 Å². The average molecular weight is 239 g/mol. The van der Waals surface area contributed by atoms with E-state index in [0.29, 0.717) is 0 Å². The van der Waals surface area contributed by atoms with Crippen LogP contribution in [0.25, 0.3) is 0 Å². The normalized spacial score (nSPS) is 34.1. The minimum atomic E-state index is 0.194. The lowest BCUT2D eigenvalue weighted by atomic mass is 9.80. The molecule has 1 unspecified atom stereocenters. The fourth-order valence-corrected chi connectivity index (χ4v) is 2.93. The first kappa shape index (κ1) is 12.8. The molecule has 1 heterocycles. The van der Waals surface area contributed by atoms with Crippen LogP contribution in [0.15, 0.2) is 0 Å². The number of hydrogen-bond acceptors (Lipinski definition) is 3. The Balaban J connectivity index is 1.57. The molecule has 0 bridgehead atoms. The number of rotatable bonds is 4. The van der Waals surface area contributed by atoms with Crippen LogP contribution in [-0.2, 0) is 4.79 Å². The van der Waals surface area contributed by atoms with Gasteiger partial charge in [0.05, 0.1) is 0 Å². The van der Waals surface area contributed by atoms with Crippen molar-refractivity contribution < 1.29 is 4.79 Å². The number of nitrogens with one attached hydrogen (secondary N) is 1. The molecule has 0 aromatic heterocycles. The van der Waals surface area contributed by atoms with Gasteiger partial charge in [0.2, 0.25) is 5.91 Å². The average Bonchev–Trinajstić information content (AvgIpc) is 2.25. The summed E-state index contributed by atoms with van der Waals surface area (Å²) in [6.07, 6.45) is 5.48. The van der Waals surface area contributed by atoms with Crippen LogP contribution in [0.4, 0.5) is 0 Å². The number of amides is 1. The van der Waals surface area contributed by atoms with E-state index >= 15 is 0 Å². The summed E-state index contributed by atoms with van der Waals surface area (Å²) in [5.74, 6) is 1.17. The van der Waals surface area contributed by atoms with Gasteiger partial charge in [0, 0.05) is 25.0 Å². The van der Waals surface area contributed by atoms with Crippen LogP contribution < -0.4 is 11.1 Å². The Morgan fingerprint density at radius 2 is 2.24 bits per heavy atom. The van der Waals surface area contributed by atoms with Crippen molar-refractivity contribution in [2.75, 3.05) is 26.7 Å². The molecule has 0 spiro atoms. The van der Waals surface area contributed by atoms with Crippen LogP contribution in [0.5, 0.6) is 0 Å². The molecule has 4 nitrogen and oxygen atoms in total. The molecule has 1 saturated heterocycles. The second-order valence-electron chi connectivity index (χ2n) is 5.78. The maximum atomic E-state index is 11.7. The highest BCUT2D eigenvalue weighted by Gasteiger charge is 2.31. The first-order valence-corrected chi connectivity index (χ1v) is 6.87. The molecule has 1 saturated carbocycles. The van der Waals surface area contributed by atoms with Gasteiger partial charge in [0.25, 0.3) is 0 Å². The third-order valence-corrected chi connectivity index (χ3v) is 4.12. The zero-order chi connectivity index (χ0) is 12.3. The Hall–Kier alpha value is -0.610. The summed E-state index contributed by atoms with van der Waals surface area (Å²) in [5.41, 5.74) is 5.68. The molecule has 1 aliphatic heterocycles. The van der Waals surface area contributed by atoms with E-state index < -0.39 is 0 Å². The highest BCUT2D eigenvalue weighted by molar-refractivity contribution is 5.79. The Labute approximate surface area is 104 Å². The van der Waals surface area contributed by atoms with Crippen LogP contribution in [0.2, 0.25) is 0 Å². The largest absolute Gasteiger partial charge is 0.356 e. The maximum absolute atomic E-state index is 11.7. The summed E-state index contributed by atoms with van der Waals surface area (Å²) in [6.45, 7) is 3.25. The maximum Gasteiger partial charge on any atom is 0.223 e. The van der Waals surface area contributed by atoms with Crippen LogP contribution >= 0.6 is 0 Å². The highest BCUT2D eigenvalue weighted by Crippen LogP contribution is 2.25. The van der Waals surface area contributed by atoms with Crippen molar-refractivity contribution in [1.29, 1.82) is 0 Å². The zero-order valence-corrected chi connectivity index (χ0v) is 10.8. The molecule has 0 aromatic carbocycles. The van der Waals surface area contributed by atoms with Crippen LogP contribution in [-0.4, -0.2) is 43.5 Å². The summed E-state index contributed by atoms with van der Waals surface area (Å²) in [4.78, 5) is 14.1. The lowest BCUT2D eigenvalue weighted by Gasteiger charge is -2.32. The number of likely N-dealkylation sites (tertiary alicyclic amines) is 1. The molecule has 2 fully saturated rings. The van der Waals surface area contributed by atoms with Gasteiger partial charge >= 0.3 is 0 Å². The minimum absolute atomic E-state index is 0.194. The van der Waals surface area contributed by atoms with E-state index in [0.717, 1.165) is 31.7 Å². The Kier molecular flexibility index (Phi) is 4.40. The molecule has 98 valence electrons. The van der Waals surface area contributed by atoms with Crippen LogP contribution in [0.1, 0.15) is 32.1 Å². The number of piperidine rings is 1. The number of carbonyl (C=O) groups is 1. The van der Waals surface area contributed by atoms with Gasteiger partial charge in [-0.15, -0.1) is 0 Å². The smallest absolute Gasteiger partial charge is 0.223 e. The van der Waals surface area contributed by atoms with Crippen molar-refractivity contribution in [3.05, 3.63) is 0 Å². The molecule has 3 N–H and O–H groups in total. The predicted molar refractivity (Wildman–Crippen MR) is 68.5 cm³/mol. The van der Waals surface area contributed by atoms with E-state index in [4.69, 9.17) is 5.73 Å². The molecular formula is C13H25N3O. The first-order valence-electron chi connectivity index (χ1n) is 6.87. The summed E-state index contributed by atoms with van der Waals surface area (Å²) in [5, 5.41) is 3.05. The molecular weight excluding hydrogens is 214 g/mol. The molecule has 0 radical (unpaired) electrons. The third kappa shape index (κ3) is 3.68. The highest BCUT2D eigenvalue weighted by atomic mass is 16.1. The minimum Gasteiger partial charge on any atom is -0.356 e. The Bertz CT molecular complexity index is 263. The van der Waals surface area contributed by atoms with Gasteiger partial charge in [0.15, 0.2) is 0 Å². The monoisotopic (exact) mass is 239 g/mol. The predicted octanol–water partition coefficient (Wildman–Crippen LogP) is 0.572. The molecule has 1 amide bonds. The van der Waals surface area contributed by atoms with Gasteiger partial charge < -0.3 is 16.0 Å². The van der Waals surface area contributed by atoms with Gasteiger partial charge in [-0.05, 0) is 51.6 Å². The molecule has 1 aliphatic carbocycles. The van der Waals surface area contributed by atoms with E-state index in [-0.39, 0.29) is 17.9 Å². The van der Waals surface area contributed by atoms with Gasteiger partial charge in [-0.25, -0.2) is 0 Å². The van der Waals surface area contributed by atoms with Crippen LogP contribution in [0, 0.1) is 11.8 Å². The topological polar surface area (TPSA) is 58.4 Å². The number of carbonyl (C=O) groups excluding carboxylic acids is 1. The van der Waals surface area contributed by atoms with Crippen molar-refractivity contribution in [3.8, 4) is 0 Å². The lowest BCUT2D eigenvalue weighted by Crippen LogP contribution is -2.45. The third-order valence-electron chi connectivity index (χ3n) is 4.12. The SMILES string of the molecule is CN1CCCC(CCNC(=O)C2CC(N)C2)C1. The lowest BCUT2D eigenvalue weighted by molar-refractivity contribution is -0.127. The summed E-state index contributed by atoms with van der Waals surface area (Å²) >= 11 is 0. The second kappa shape index (κ2) is 5.83. The fraction of sp³-hybridized carbons (Fsp3) is 0.923. The van der Waals surface area contributed by atoms with E-state index in [1.807, 2.05) is 0 Å². The molecule has 17 heavy (non-hydrogen) atoms. The summed E-state index contributed by atoms with van der Waals surface area (Å²) < 4.78 is 0. The number of hydrogen-bond donors (Lipinski definition) is 2. The van der Waals surface area contributed by atoms with Crippen molar-refractivity contribution in [2.24, 2.45) is 17.6 Å². The summed E-state index contributed by atoms with van der Waals surface area (Å²) in [6, 6.07) is 0.262. The Morgan fingerprint density at radius 1 is 1.47 bits per heavy atom. The molecule has 0 aromatic rings. The zero-order valence-electron chi connectivity index (χ0n) is 10.8. The van der Waals surface area contributed by atoms with Gasteiger partial charge in [0.1, 0.15) is 0 Å². The number of nitrogens with two attached hydrogens (primary N) is 1. The second-order valence-corrected chi connectivity index (χ2v) is 5.78. The number of nitrogens with zero attached hydrogens (tertiary/aromatic N) is 1. The van der Waals surface area contributed by atoms with Crippen molar-refractivity contribution in [2.45, 2.75) is 38.1 Å². The van der Waals surface area contributed by atoms with E-state index in [2.05, 4.69) is 17.3 Å². The first-order chi connectivity index (χ1) is 8.15. The molecule has 1 atom stereocenters. The van der Waals surface area contributed by atoms with Crippen molar-refractivity contribution in [3.63, 3.8) is 0 Å². The Morgan fingerprint density at radius 3 is 2.88 bits per heavy atom. The van der Waals surface area contributed by atoms with E-state index in [1.54, 1.807) is 0 Å². The summed E-state index contributed by atoms with van der Waals surface area (Å²) in [7, 11) is 2.18. The van der Waals surface area contributed by atoms with E-state index in [1.165, 1.54) is 25.9 Å². The molecule has 4 heteroatoms. The van der Waals surface area contributed by atoms with Crippen molar-refractivity contribution in [1.82, 2.24) is 10.2 Å². The van der Waals surface area contributed by atoms with Crippen molar-refractivity contribution >= 4 is 5.91 Å². The quantitative estimate of drug-likeness (QED) is 0.754. The van der Waals surface area contributed by atoms with Gasteiger partial charge in [-0.1, -0.05) is 0 Å². The molecule has 2 rings (SSSR count). The standard InChI is InChI=1S/C13H25N3O/c1-16-6-2-3-10(9-16)4-5-15-13(17)11-7-12(14)8-11/h10-12H,2-9,14H2,1H3,(H,15,17).